The van der Waals surface area contributed by atoms with Crippen molar-refractivity contribution in [3.8, 4) is 5.88 Å². The van der Waals surface area contributed by atoms with Crippen molar-refractivity contribution in [1.82, 2.24) is 10.3 Å². The number of pyridine rings is 1. The maximum atomic E-state index is 12.0. The highest BCUT2D eigenvalue weighted by molar-refractivity contribution is 7.14. The maximum absolute atomic E-state index is 12.0. The molecule has 0 spiro atoms. The van der Waals surface area contributed by atoms with Gasteiger partial charge in [-0.25, -0.2) is 4.98 Å². The summed E-state index contributed by atoms with van der Waals surface area (Å²) in [7, 11) is 1.57. The Hall–Kier alpha value is -1.88. The zero-order chi connectivity index (χ0) is 13.8. The van der Waals surface area contributed by atoms with E-state index in [1.165, 1.54) is 16.2 Å². The molecule has 0 aliphatic carbocycles. The number of aromatic nitrogens is 1. The normalized spacial score (nSPS) is 10.3. The second-order valence-electron chi connectivity index (χ2n) is 4.24. The van der Waals surface area contributed by atoms with Crippen LogP contribution in [0.15, 0.2) is 24.4 Å². The molecule has 0 saturated heterocycles. The number of thiophene rings is 1. The topological polar surface area (TPSA) is 51.2 Å². The van der Waals surface area contributed by atoms with Crippen LogP contribution < -0.4 is 10.1 Å². The van der Waals surface area contributed by atoms with Gasteiger partial charge in [0, 0.05) is 23.7 Å². The molecular weight excluding hydrogens is 260 g/mol. The van der Waals surface area contributed by atoms with Crippen molar-refractivity contribution in [1.29, 1.82) is 0 Å². The number of nitrogens with one attached hydrogen (secondary N) is 1. The molecule has 0 atom stereocenters. The molecule has 0 aliphatic heterocycles. The first-order chi connectivity index (χ1) is 9.10. The first-order valence-electron chi connectivity index (χ1n) is 5.94. The van der Waals surface area contributed by atoms with Crippen molar-refractivity contribution < 1.29 is 9.53 Å². The molecule has 1 N–H and O–H groups in total. The number of amides is 1. The number of methoxy groups -OCH3 is 1. The summed E-state index contributed by atoms with van der Waals surface area (Å²) in [5.41, 5.74) is 2.10. The van der Waals surface area contributed by atoms with Crippen molar-refractivity contribution in [3.05, 3.63) is 45.3 Å². The molecule has 5 heteroatoms. The molecule has 0 aliphatic rings. The third kappa shape index (κ3) is 3.32. The molecule has 0 unspecified atom stereocenters. The molecule has 1 amide bonds. The van der Waals surface area contributed by atoms with Crippen LogP contribution in [0.3, 0.4) is 0 Å². The SMILES string of the molecule is COc1ccc(CNC(=O)c2cc(C)c(C)s2)cn1. The third-order valence-electron chi connectivity index (χ3n) is 2.85. The Kier molecular flexibility index (Phi) is 4.16. The highest BCUT2D eigenvalue weighted by Gasteiger charge is 2.10. The van der Waals surface area contributed by atoms with Gasteiger partial charge in [-0.3, -0.25) is 4.79 Å². The number of carbonyl (C=O) groups excluding carboxylic acids is 1. The first-order valence-corrected chi connectivity index (χ1v) is 6.76. The van der Waals surface area contributed by atoms with E-state index in [4.69, 9.17) is 4.74 Å². The van der Waals surface area contributed by atoms with Crippen molar-refractivity contribution in [2.45, 2.75) is 20.4 Å². The molecule has 0 fully saturated rings. The average Bonchev–Trinajstić information content (AvgIpc) is 2.77. The van der Waals surface area contributed by atoms with Gasteiger partial charge < -0.3 is 10.1 Å². The molecule has 0 saturated carbocycles. The summed E-state index contributed by atoms with van der Waals surface area (Å²) in [4.78, 5) is 18.0. The first kappa shape index (κ1) is 13.5. The van der Waals surface area contributed by atoms with Gasteiger partial charge in [0.25, 0.3) is 5.91 Å². The van der Waals surface area contributed by atoms with E-state index >= 15 is 0 Å². The lowest BCUT2D eigenvalue weighted by atomic mass is 10.2. The van der Waals surface area contributed by atoms with Gasteiger partial charge in [0.15, 0.2) is 0 Å². The monoisotopic (exact) mass is 276 g/mol. The average molecular weight is 276 g/mol. The summed E-state index contributed by atoms with van der Waals surface area (Å²) in [6, 6.07) is 5.58. The predicted molar refractivity (Wildman–Crippen MR) is 75.8 cm³/mol. The van der Waals surface area contributed by atoms with Crippen LogP contribution in [0, 0.1) is 13.8 Å². The fourth-order valence-corrected chi connectivity index (χ4v) is 2.54. The predicted octanol–water partition coefficient (Wildman–Crippen LogP) is 2.70. The minimum atomic E-state index is -0.0444. The molecule has 4 nitrogen and oxygen atoms in total. The summed E-state index contributed by atoms with van der Waals surface area (Å²) >= 11 is 1.52. The zero-order valence-electron chi connectivity index (χ0n) is 11.2. The molecule has 19 heavy (non-hydrogen) atoms. The van der Waals surface area contributed by atoms with Crippen LogP contribution in [0.1, 0.15) is 25.7 Å². The van der Waals surface area contributed by atoms with Crippen molar-refractivity contribution >= 4 is 17.2 Å². The lowest BCUT2D eigenvalue weighted by molar-refractivity contribution is 0.0955. The van der Waals surface area contributed by atoms with E-state index in [0.717, 1.165) is 16.0 Å². The summed E-state index contributed by atoms with van der Waals surface area (Å²) in [5, 5.41) is 2.88. The van der Waals surface area contributed by atoms with Crippen LogP contribution in [-0.2, 0) is 6.54 Å². The summed E-state index contributed by atoms with van der Waals surface area (Å²) in [6.45, 7) is 4.49. The molecule has 2 aromatic rings. The van der Waals surface area contributed by atoms with E-state index in [1.807, 2.05) is 26.0 Å². The Balaban J connectivity index is 1.96. The second kappa shape index (κ2) is 5.84. The van der Waals surface area contributed by atoms with Crippen LogP contribution in [0.5, 0.6) is 5.88 Å². The lowest BCUT2D eigenvalue weighted by Gasteiger charge is -2.04. The number of nitrogens with zero attached hydrogens (tertiary/aromatic N) is 1. The number of hydrogen-bond acceptors (Lipinski definition) is 4. The van der Waals surface area contributed by atoms with Crippen molar-refractivity contribution in [2.75, 3.05) is 7.11 Å². The largest absolute Gasteiger partial charge is 0.481 e. The van der Waals surface area contributed by atoms with Gasteiger partial charge in [0.1, 0.15) is 0 Å². The molecule has 0 bridgehead atoms. The highest BCUT2D eigenvalue weighted by Crippen LogP contribution is 2.20. The standard InChI is InChI=1S/C14H16N2O2S/c1-9-6-12(19-10(9)2)14(17)16-8-11-4-5-13(18-3)15-7-11/h4-7H,8H2,1-3H3,(H,16,17). The number of ether oxygens (including phenoxy) is 1. The molecule has 2 rings (SSSR count). The van der Waals surface area contributed by atoms with Gasteiger partial charge in [0.2, 0.25) is 5.88 Å². The van der Waals surface area contributed by atoms with E-state index in [2.05, 4.69) is 10.3 Å². The summed E-state index contributed by atoms with van der Waals surface area (Å²) < 4.78 is 4.98. The Morgan fingerprint density at radius 2 is 2.21 bits per heavy atom. The van der Waals surface area contributed by atoms with Crippen LogP contribution in [0.2, 0.25) is 0 Å². The number of carbonyl (C=O) groups is 1. The third-order valence-corrected chi connectivity index (χ3v) is 4.00. The van der Waals surface area contributed by atoms with E-state index in [9.17, 15) is 4.79 Å². The second-order valence-corrected chi connectivity index (χ2v) is 5.50. The molecule has 0 aromatic carbocycles. The maximum Gasteiger partial charge on any atom is 0.261 e. The van der Waals surface area contributed by atoms with Gasteiger partial charge in [-0.1, -0.05) is 6.07 Å². The van der Waals surface area contributed by atoms with E-state index in [1.54, 1.807) is 19.4 Å². The smallest absolute Gasteiger partial charge is 0.261 e. The highest BCUT2D eigenvalue weighted by atomic mass is 32.1. The molecule has 100 valence electrons. The van der Waals surface area contributed by atoms with Gasteiger partial charge in [-0.05, 0) is 31.0 Å². The van der Waals surface area contributed by atoms with E-state index < -0.39 is 0 Å². The van der Waals surface area contributed by atoms with Crippen molar-refractivity contribution in [2.24, 2.45) is 0 Å². The van der Waals surface area contributed by atoms with Crippen LogP contribution in [-0.4, -0.2) is 18.0 Å². The molecule has 2 aromatic heterocycles. The van der Waals surface area contributed by atoms with Crippen LogP contribution in [0.25, 0.3) is 0 Å². The van der Waals surface area contributed by atoms with Gasteiger partial charge in [-0.2, -0.15) is 0 Å². The minimum Gasteiger partial charge on any atom is -0.481 e. The van der Waals surface area contributed by atoms with Gasteiger partial charge >= 0.3 is 0 Å². The Morgan fingerprint density at radius 1 is 1.42 bits per heavy atom. The Bertz CT molecular complexity index is 556. The molecular formula is C14H16N2O2S. The summed E-state index contributed by atoms with van der Waals surface area (Å²) in [5.74, 6) is 0.525. The minimum absolute atomic E-state index is 0.0444. The number of aryl methyl sites for hydroxylation is 2. The quantitative estimate of drug-likeness (QED) is 0.934. The lowest BCUT2D eigenvalue weighted by Crippen LogP contribution is -2.21. The molecule has 2 heterocycles. The fraction of sp³-hybridized carbons (Fsp3) is 0.286. The van der Waals surface area contributed by atoms with E-state index in [-0.39, 0.29) is 5.91 Å². The van der Waals surface area contributed by atoms with Crippen LogP contribution >= 0.6 is 11.3 Å². The Labute approximate surface area is 116 Å². The Morgan fingerprint density at radius 3 is 2.74 bits per heavy atom. The van der Waals surface area contributed by atoms with Gasteiger partial charge in [-0.15, -0.1) is 11.3 Å². The van der Waals surface area contributed by atoms with Gasteiger partial charge in [0.05, 0.1) is 12.0 Å². The molecule has 0 radical (unpaired) electrons. The van der Waals surface area contributed by atoms with Crippen molar-refractivity contribution in [3.63, 3.8) is 0 Å². The summed E-state index contributed by atoms with van der Waals surface area (Å²) in [6.07, 6.45) is 1.70. The van der Waals surface area contributed by atoms with E-state index in [0.29, 0.717) is 12.4 Å². The number of rotatable bonds is 4. The zero-order valence-corrected chi connectivity index (χ0v) is 12.0. The fourth-order valence-electron chi connectivity index (χ4n) is 1.59. The van der Waals surface area contributed by atoms with Crippen LogP contribution in [0.4, 0.5) is 0 Å². The number of hydrogen-bond donors (Lipinski definition) is 1.